The van der Waals surface area contributed by atoms with Crippen LogP contribution in [-0.2, 0) is 0 Å². The third kappa shape index (κ3) is 3.85. The second-order valence-electron chi connectivity index (χ2n) is 4.63. The Kier molecular flexibility index (Phi) is 5.38. The molecule has 0 spiro atoms. The predicted octanol–water partition coefficient (Wildman–Crippen LogP) is 4.11. The summed E-state index contributed by atoms with van der Waals surface area (Å²) in [7, 11) is 0. The second-order valence-corrected chi connectivity index (χ2v) is 4.63. The minimum atomic E-state index is -0.0525. The number of ketones is 1. The lowest BCUT2D eigenvalue weighted by Crippen LogP contribution is -2.06. The zero-order chi connectivity index (χ0) is 15.1. The molecular formula is C18H20O3. The molecule has 0 aliphatic heterocycles. The van der Waals surface area contributed by atoms with E-state index < -0.39 is 0 Å². The van der Waals surface area contributed by atoms with Crippen LogP contribution in [0.5, 0.6) is 11.5 Å². The minimum absolute atomic E-state index is 0.0525. The largest absolute Gasteiger partial charge is 0.494 e. The standard InChI is InChI=1S/C18H20O3/c1-3-12-21-17-11-6-5-10-16(17)18(19)14-8-7-9-15(13-14)20-4-2/h5-11,13H,3-4,12H2,1-2H3. The lowest BCUT2D eigenvalue weighted by molar-refractivity contribution is 0.103. The first-order valence-electron chi connectivity index (χ1n) is 7.25. The number of benzene rings is 2. The van der Waals surface area contributed by atoms with Crippen molar-refractivity contribution in [3.8, 4) is 11.5 Å². The summed E-state index contributed by atoms with van der Waals surface area (Å²) >= 11 is 0. The number of carbonyl (C=O) groups is 1. The van der Waals surface area contributed by atoms with Gasteiger partial charge >= 0.3 is 0 Å². The highest BCUT2D eigenvalue weighted by atomic mass is 16.5. The summed E-state index contributed by atoms with van der Waals surface area (Å²) in [5, 5.41) is 0. The molecule has 0 unspecified atom stereocenters. The van der Waals surface area contributed by atoms with Gasteiger partial charge in [0.25, 0.3) is 0 Å². The van der Waals surface area contributed by atoms with Crippen LogP contribution in [0.25, 0.3) is 0 Å². The van der Waals surface area contributed by atoms with E-state index in [-0.39, 0.29) is 5.78 Å². The van der Waals surface area contributed by atoms with E-state index in [2.05, 4.69) is 0 Å². The molecule has 0 saturated heterocycles. The average molecular weight is 284 g/mol. The van der Waals surface area contributed by atoms with Crippen molar-refractivity contribution in [1.82, 2.24) is 0 Å². The van der Waals surface area contributed by atoms with Crippen LogP contribution in [0.1, 0.15) is 36.2 Å². The van der Waals surface area contributed by atoms with Gasteiger partial charge in [0.05, 0.1) is 18.8 Å². The maximum atomic E-state index is 12.7. The Labute approximate surface area is 125 Å². The van der Waals surface area contributed by atoms with E-state index in [9.17, 15) is 4.79 Å². The molecule has 2 aromatic carbocycles. The van der Waals surface area contributed by atoms with Gasteiger partial charge in [-0.25, -0.2) is 0 Å². The van der Waals surface area contributed by atoms with E-state index in [4.69, 9.17) is 9.47 Å². The lowest BCUT2D eigenvalue weighted by Gasteiger charge is -2.10. The Morgan fingerprint density at radius 3 is 2.57 bits per heavy atom. The van der Waals surface area contributed by atoms with E-state index in [0.29, 0.717) is 35.8 Å². The Morgan fingerprint density at radius 1 is 1.00 bits per heavy atom. The fourth-order valence-corrected chi connectivity index (χ4v) is 2.04. The zero-order valence-corrected chi connectivity index (χ0v) is 12.5. The Morgan fingerprint density at radius 2 is 1.81 bits per heavy atom. The van der Waals surface area contributed by atoms with Crippen LogP contribution in [0.4, 0.5) is 0 Å². The molecule has 0 fully saturated rings. The molecule has 0 N–H and O–H groups in total. The number of rotatable bonds is 7. The summed E-state index contributed by atoms with van der Waals surface area (Å²) in [5.74, 6) is 1.28. The van der Waals surface area contributed by atoms with Gasteiger partial charge < -0.3 is 9.47 Å². The molecule has 0 saturated carbocycles. The van der Waals surface area contributed by atoms with E-state index in [0.717, 1.165) is 6.42 Å². The SMILES string of the molecule is CCCOc1ccccc1C(=O)c1cccc(OCC)c1. The summed E-state index contributed by atoms with van der Waals surface area (Å²) in [6, 6.07) is 14.6. The first kappa shape index (κ1) is 15.1. The summed E-state index contributed by atoms with van der Waals surface area (Å²) in [4.78, 5) is 12.7. The second kappa shape index (κ2) is 7.48. The minimum Gasteiger partial charge on any atom is -0.494 e. The van der Waals surface area contributed by atoms with E-state index in [1.54, 1.807) is 18.2 Å². The van der Waals surface area contributed by atoms with Gasteiger partial charge in [0.1, 0.15) is 11.5 Å². The van der Waals surface area contributed by atoms with Crippen molar-refractivity contribution in [2.45, 2.75) is 20.3 Å². The molecule has 2 aromatic rings. The summed E-state index contributed by atoms with van der Waals surface area (Å²) < 4.78 is 11.1. The molecule has 110 valence electrons. The first-order valence-corrected chi connectivity index (χ1v) is 7.25. The number of ether oxygens (including phenoxy) is 2. The molecule has 0 aliphatic rings. The molecule has 3 heteroatoms. The number of hydrogen-bond donors (Lipinski definition) is 0. The molecule has 0 aromatic heterocycles. The van der Waals surface area contributed by atoms with Gasteiger partial charge in [0.2, 0.25) is 0 Å². The highest BCUT2D eigenvalue weighted by Crippen LogP contribution is 2.23. The highest BCUT2D eigenvalue weighted by Gasteiger charge is 2.14. The molecule has 0 radical (unpaired) electrons. The number of para-hydroxylation sites is 1. The van der Waals surface area contributed by atoms with Gasteiger partial charge in [0, 0.05) is 5.56 Å². The maximum Gasteiger partial charge on any atom is 0.196 e. The van der Waals surface area contributed by atoms with E-state index in [1.165, 1.54) is 0 Å². The van der Waals surface area contributed by atoms with Crippen LogP contribution >= 0.6 is 0 Å². The highest BCUT2D eigenvalue weighted by molar-refractivity contribution is 6.10. The average Bonchev–Trinajstić information content (AvgIpc) is 2.53. The molecule has 2 rings (SSSR count). The summed E-state index contributed by atoms with van der Waals surface area (Å²) in [6.07, 6.45) is 0.905. The van der Waals surface area contributed by atoms with Gasteiger partial charge in [0.15, 0.2) is 5.78 Å². The molecule has 21 heavy (non-hydrogen) atoms. The van der Waals surface area contributed by atoms with Crippen LogP contribution in [0.15, 0.2) is 48.5 Å². The van der Waals surface area contributed by atoms with Crippen LogP contribution in [0.2, 0.25) is 0 Å². The van der Waals surface area contributed by atoms with Gasteiger partial charge in [-0.3, -0.25) is 4.79 Å². The van der Waals surface area contributed by atoms with Crippen LogP contribution in [0, 0.1) is 0 Å². The van der Waals surface area contributed by atoms with Crippen molar-refractivity contribution in [2.24, 2.45) is 0 Å². The topological polar surface area (TPSA) is 35.5 Å². The van der Waals surface area contributed by atoms with Crippen LogP contribution < -0.4 is 9.47 Å². The third-order valence-corrected chi connectivity index (χ3v) is 3.00. The Hall–Kier alpha value is -2.29. The van der Waals surface area contributed by atoms with Crippen molar-refractivity contribution in [3.63, 3.8) is 0 Å². The quantitative estimate of drug-likeness (QED) is 0.718. The summed E-state index contributed by atoms with van der Waals surface area (Å²) in [6.45, 7) is 5.13. The molecular weight excluding hydrogens is 264 g/mol. The number of carbonyl (C=O) groups excluding carboxylic acids is 1. The first-order chi connectivity index (χ1) is 10.3. The van der Waals surface area contributed by atoms with Gasteiger partial charge in [-0.1, -0.05) is 31.2 Å². The molecule has 0 atom stereocenters. The van der Waals surface area contributed by atoms with Gasteiger partial charge in [-0.2, -0.15) is 0 Å². The number of hydrogen-bond acceptors (Lipinski definition) is 3. The van der Waals surface area contributed by atoms with E-state index in [1.807, 2.05) is 44.2 Å². The molecule has 0 aliphatic carbocycles. The third-order valence-electron chi connectivity index (χ3n) is 3.00. The Balaban J connectivity index is 2.29. The molecule has 0 heterocycles. The van der Waals surface area contributed by atoms with Crippen molar-refractivity contribution < 1.29 is 14.3 Å². The van der Waals surface area contributed by atoms with Crippen molar-refractivity contribution >= 4 is 5.78 Å². The maximum absolute atomic E-state index is 12.7. The monoisotopic (exact) mass is 284 g/mol. The van der Waals surface area contributed by atoms with Crippen molar-refractivity contribution in [2.75, 3.05) is 13.2 Å². The molecule has 3 nitrogen and oxygen atoms in total. The fourth-order valence-electron chi connectivity index (χ4n) is 2.04. The lowest BCUT2D eigenvalue weighted by atomic mass is 10.0. The van der Waals surface area contributed by atoms with E-state index >= 15 is 0 Å². The van der Waals surface area contributed by atoms with Crippen molar-refractivity contribution in [3.05, 3.63) is 59.7 Å². The molecule has 0 amide bonds. The zero-order valence-electron chi connectivity index (χ0n) is 12.5. The van der Waals surface area contributed by atoms with Crippen LogP contribution in [0.3, 0.4) is 0 Å². The molecule has 0 bridgehead atoms. The van der Waals surface area contributed by atoms with Gasteiger partial charge in [-0.05, 0) is 37.6 Å². The summed E-state index contributed by atoms with van der Waals surface area (Å²) in [5.41, 5.74) is 1.19. The van der Waals surface area contributed by atoms with Crippen LogP contribution in [-0.4, -0.2) is 19.0 Å². The fraction of sp³-hybridized carbons (Fsp3) is 0.278. The van der Waals surface area contributed by atoms with Gasteiger partial charge in [-0.15, -0.1) is 0 Å². The normalized spacial score (nSPS) is 10.2. The van der Waals surface area contributed by atoms with Crippen molar-refractivity contribution in [1.29, 1.82) is 0 Å². The smallest absolute Gasteiger partial charge is 0.196 e. The Bertz CT molecular complexity index is 605. The predicted molar refractivity (Wildman–Crippen MR) is 83.3 cm³/mol.